The molecule has 2 N–H and O–H groups in total. The van der Waals surface area contributed by atoms with E-state index in [1.807, 2.05) is 42.5 Å². The van der Waals surface area contributed by atoms with Crippen molar-refractivity contribution in [1.82, 2.24) is 0 Å². The van der Waals surface area contributed by atoms with E-state index < -0.39 is 0 Å². The maximum atomic E-state index is 6.25. The third-order valence-corrected chi connectivity index (χ3v) is 4.22. The van der Waals surface area contributed by atoms with Crippen molar-refractivity contribution in [3.63, 3.8) is 0 Å². The Kier molecular flexibility index (Phi) is 4.24. The van der Waals surface area contributed by atoms with Crippen LogP contribution in [0.25, 0.3) is 0 Å². The molecular weight excluding hydrogens is 309 g/mol. The molecule has 0 spiro atoms. The summed E-state index contributed by atoms with van der Waals surface area (Å²) in [6, 6.07) is 12.7. The number of benzene rings is 2. The van der Waals surface area contributed by atoms with Gasteiger partial charge < -0.3 is 15.2 Å². The molecule has 2 atom stereocenters. The molecule has 0 radical (unpaired) electrons. The van der Waals surface area contributed by atoms with Crippen molar-refractivity contribution in [2.24, 2.45) is 5.73 Å². The van der Waals surface area contributed by atoms with Gasteiger partial charge >= 0.3 is 0 Å². The van der Waals surface area contributed by atoms with Crippen LogP contribution < -0.4 is 15.2 Å². The summed E-state index contributed by atoms with van der Waals surface area (Å²) < 4.78 is 11.6. The summed E-state index contributed by atoms with van der Waals surface area (Å²) >= 11 is 12.4. The first-order valence-electron chi connectivity index (χ1n) is 6.72. The molecule has 0 saturated carbocycles. The van der Waals surface area contributed by atoms with Crippen LogP contribution in [-0.2, 0) is 6.42 Å². The predicted molar refractivity (Wildman–Crippen MR) is 84.5 cm³/mol. The van der Waals surface area contributed by atoms with Crippen LogP contribution in [0.4, 0.5) is 0 Å². The average molecular weight is 324 g/mol. The Hall–Kier alpha value is -1.42. The molecule has 2 aromatic carbocycles. The molecule has 0 amide bonds. The van der Waals surface area contributed by atoms with Crippen molar-refractivity contribution in [3.05, 3.63) is 58.1 Å². The minimum absolute atomic E-state index is 0.229. The molecule has 0 saturated heterocycles. The molecule has 0 bridgehead atoms. The van der Waals surface area contributed by atoms with Crippen molar-refractivity contribution in [2.45, 2.75) is 18.6 Å². The maximum absolute atomic E-state index is 6.25. The molecule has 3 nitrogen and oxygen atoms in total. The molecule has 1 aliphatic rings. The zero-order valence-corrected chi connectivity index (χ0v) is 12.8. The van der Waals surface area contributed by atoms with Gasteiger partial charge in [-0.3, -0.25) is 0 Å². The topological polar surface area (TPSA) is 44.5 Å². The number of rotatable bonds is 3. The van der Waals surface area contributed by atoms with Crippen molar-refractivity contribution in [2.75, 3.05) is 6.61 Å². The highest BCUT2D eigenvalue weighted by molar-refractivity contribution is 6.36. The highest BCUT2D eigenvalue weighted by Gasteiger charge is 2.27. The summed E-state index contributed by atoms with van der Waals surface area (Å²) in [4.78, 5) is 0. The van der Waals surface area contributed by atoms with Crippen LogP contribution in [0.15, 0.2) is 42.5 Å². The number of hydrogen-bond donors (Lipinski definition) is 1. The van der Waals surface area contributed by atoms with Crippen LogP contribution in [0.2, 0.25) is 10.0 Å². The summed E-state index contributed by atoms with van der Waals surface area (Å²) in [5.41, 5.74) is 7.10. The number of halogens is 2. The van der Waals surface area contributed by atoms with Crippen LogP contribution in [0.1, 0.15) is 5.56 Å². The first-order valence-corrected chi connectivity index (χ1v) is 7.47. The van der Waals surface area contributed by atoms with Crippen LogP contribution in [0, 0.1) is 0 Å². The minimum atomic E-state index is -0.254. The van der Waals surface area contributed by atoms with Gasteiger partial charge in [-0.1, -0.05) is 41.4 Å². The third-order valence-electron chi connectivity index (χ3n) is 3.51. The highest BCUT2D eigenvalue weighted by Crippen LogP contribution is 2.32. The fraction of sp³-hybridized carbons (Fsp3) is 0.250. The number of fused-ring (bicyclic) bond motifs is 1. The van der Waals surface area contributed by atoms with E-state index in [1.54, 1.807) is 0 Å². The standard InChI is InChI=1S/C16H15Cl2NO2/c17-11-4-3-5-12(18)10(11)8-13(19)16-9-20-14-6-1-2-7-15(14)21-16/h1-7,13,16H,8-9,19H2. The van der Waals surface area contributed by atoms with Gasteiger partial charge in [0.1, 0.15) is 12.7 Å². The summed E-state index contributed by atoms with van der Waals surface area (Å²) in [7, 11) is 0. The van der Waals surface area contributed by atoms with Gasteiger partial charge in [0.25, 0.3) is 0 Å². The molecule has 2 aromatic rings. The molecule has 110 valence electrons. The van der Waals surface area contributed by atoms with E-state index in [9.17, 15) is 0 Å². The third kappa shape index (κ3) is 3.10. The summed E-state index contributed by atoms with van der Waals surface area (Å²) in [5.74, 6) is 1.46. The Balaban J connectivity index is 1.74. The largest absolute Gasteiger partial charge is 0.486 e. The van der Waals surface area contributed by atoms with Gasteiger partial charge in [-0.25, -0.2) is 0 Å². The molecule has 0 fully saturated rings. The zero-order chi connectivity index (χ0) is 14.8. The lowest BCUT2D eigenvalue weighted by molar-refractivity contribution is 0.0723. The lowest BCUT2D eigenvalue weighted by Crippen LogP contribution is -2.46. The second-order valence-corrected chi connectivity index (χ2v) is 5.80. The number of para-hydroxylation sites is 2. The fourth-order valence-electron chi connectivity index (χ4n) is 2.34. The van der Waals surface area contributed by atoms with Crippen molar-refractivity contribution in [1.29, 1.82) is 0 Å². The van der Waals surface area contributed by atoms with E-state index in [-0.39, 0.29) is 12.1 Å². The quantitative estimate of drug-likeness (QED) is 0.936. The van der Waals surface area contributed by atoms with Gasteiger partial charge in [0, 0.05) is 16.1 Å². The van der Waals surface area contributed by atoms with Crippen LogP contribution in [-0.4, -0.2) is 18.8 Å². The van der Waals surface area contributed by atoms with Crippen LogP contribution >= 0.6 is 23.2 Å². The highest BCUT2D eigenvalue weighted by atomic mass is 35.5. The lowest BCUT2D eigenvalue weighted by Gasteiger charge is -2.30. The molecule has 1 aliphatic heterocycles. The summed E-state index contributed by atoms with van der Waals surface area (Å²) in [6.07, 6.45) is 0.307. The maximum Gasteiger partial charge on any atom is 0.161 e. The fourth-order valence-corrected chi connectivity index (χ4v) is 2.89. The molecular formula is C16H15Cl2NO2. The molecule has 0 aliphatic carbocycles. The summed E-state index contributed by atoms with van der Waals surface area (Å²) in [6.45, 7) is 0.417. The first kappa shape index (κ1) is 14.5. The van der Waals surface area contributed by atoms with E-state index in [0.717, 1.165) is 17.1 Å². The van der Waals surface area contributed by atoms with Crippen molar-refractivity contribution in [3.8, 4) is 11.5 Å². The molecule has 0 aromatic heterocycles. The predicted octanol–water partition coefficient (Wildman–Crippen LogP) is 3.70. The monoisotopic (exact) mass is 323 g/mol. The Bertz CT molecular complexity index is 628. The van der Waals surface area contributed by atoms with Gasteiger partial charge in [-0.05, 0) is 36.2 Å². The zero-order valence-electron chi connectivity index (χ0n) is 11.3. The van der Waals surface area contributed by atoms with E-state index >= 15 is 0 Å². The smallest absolute Gasteiger partial charge is 0.161 e. The van der Waals surface area contributed by atoms with Crippen molar-refractivity contribution < 1.29 is 9.47 Å². The van der Waals surface area contributed by atoms with Crippen molar-refractivity contribution >= 4 is 23.2 Å². The van der Waals surface area contributed by atoms with E-state index in [0.29, 0.717) is 23.1 Å². The van der Waals surface area contributed by atoms with Gasteiger partial charge in [0.15, 0.2) is 11.5 Å². The van der Waals surface area contributed by atoms with Gasteiger partial charge in [0.2, 0.25) is 0 Å². The van der Waals surface area contributed by atoms with Gasteiger partial charge in [-0.15, -0.1) is 0 Å². The molecule has 3 rings (SSSR count). The van der Waals surface area contributed by atoms with E-state index in [1.165, 1.54) is 0 Å². The Labute approximate surface area is 133 Å². The minimum Gasteiger partial charge on any atom is -0.486 e. The molecule has 5 heteroatoms. The Morgan fingerprint density at radius 2 is 1.71 bits per heavy atom. The Morgan fingerprint density at radius 1 is 1.05 bits per heavy atom. The number of ether oxygens (including phenoxy) is 2. The second kappa shape index (κ2) is 6.14. The first-order chi connectivity index (χ1) is 10.1. The number of nitrogens with two attached hydrogens (primary N) is 1. The Morgan fingerprint density at radius 3 is 2.43 bits per heavy atom. The summed E-state index contributed by atoms with van der Waals surface area (Å²) in [5, 5.41) is 1.24. The van der Waals surface area contributed by atoms with Crippen LogP contribution in [0.3, 0.4) is 0 Å². The lowest BCUT2D eigenvalue weighted by atomic mass is 10.0. The second-order valence-electron chi connectivity index (χ2n) is 4.98. The number of hydrogen-bond acceptors (Lipinski definition) is 3. The SMILES string of the molecule is NC(Cc1c(Cl)cccc1Cl)C1COc2ccccc2O1. The molecule has 2 unspecified atom stereocenters. The van der Waals surface area contributed by atoms with Crippen LogP contribution in [0.5, 0.6) is 11.5 Å². The van der Waals surface area contributed by atoms with E-state index in [4.69, 9.17) is 38.4 Å². The molecule has 21 heavy (non-hydrogen) atoms. The molecule has 1 heterocycles. The van der Waals surface area contributed by atoms with Gasteiger partial charge in [0.05, 0.1) is 0 Å². The van der Waals surface area contributed by atoms with Gasteiger partial charge in [-0.2, -0.15) is 0 Å². The van der Waals surface area contributed by atoms with E-state index in [2.05, 4.69) is 0 Å². The normalized spacial score (nSPS) is 18.3. The average Bonchev–Trinajstić information content (AvgIpc) is 2.50.